The van der Waals surface area contributed by atoms with Gasteiger partial charge in [-0.15, -0.1) is 0 Å². The molecule has 0 amide bonds. The molecule has 0 saturated heterocycles. The van der Waals surface area contributed by atoms with Crippen molar-refractivity contribution in [3.8, 4) is 0 Å². The van der Waals surface area contributed by atoms with E-state index < -0.39 is 12.2 Å². The largest absolute Gasteiger partial charge is 0.397 e. The number of anilines is 1. The van der Waals surface area contributed by atoms with E-state index in [1.807, 2.05) is 0 Å². The summed E-state index contributed by atoms with van der Waals surface area (Å²) >= 11 is 3.09. The zero-order chi connectivity index (χ0) is 10.7. The molecule has 5 heteroatoms. The Morgan fingerprint density at radius 1 is 1.57 bits per heavy atom. The van der Waals surface area contributed by atoms with E-state index in [4.69, 9.17) is 5.73 Å². The highest BCUT2D eigenvalue weighted by molar-refractivity contribution is 9.09. The molecular weight excluding hydrogens is 248 g/mol. The number of rotatable bonds is 3. The third-order valence-electron chi connectivity index (χ3n) is 1.94. The Kier molecular flexibility index (Phi) is 3.86. The Morgan fingerprint density at radius 3 is 2.71 bits per heavy atom. The maximum atomic E-state index is 9.68. The van der Waals surface area contributed by atoms with Gasteiger partial charge < -0.3 is 15.9 Å². The van der Waals surface area contributed by atoms with E-state index in [1.165, 1.54) is 6.20 Å². The third kappa shape index (κ3) is 2.43. The number of alkyl halides is 1. The van der Waals surface area contributed by atoms with Crippen LogP contribution in [0.25, 0.3) is 0 Å². The summed E-state index contributed by atoms with van der Waals surface area (Å²) in [5.41, 5.74) is 7.31. The normalized spacial score (nSPS) is 15.1. The van der Waals surface area contributed by atoms with Gasteiger partial charge in [0, 0.05) is 5.33 Å². The molecule has 1 heterocycles. The van der Waals surface area contributed by atoms with E-state index in [1.54, 1.807) is 13.0 Å². The standard InChI is InChI=1S/C9H13BrN2O2/c1-5-2-6(11)4-12-8(5)9(14)7(13)3-10/h2,4,7,9,13-14H,3,11H2,1H3. The van der Waals surface area contributed by atoms with Crippen LogP contribution < -0.4 is 5.73 Å². The minimum atomic E-state index is -0.977. The number of hydrogen-bond acceptors (Lipinski definition) is 4. The molecule has 4 nitrogen and oxygen atoms in total. The molecule has 14 heavy (non-hydrogen) atoms. The van der Waals surface area contributed by atoms with E-state index in [-0.39, 0.29) is 0 Å². The molecule has 0 bridgehead atoms. The molecule has 0 aliphatic rings. The first-order chi connectivity index (χ1) is 6.56. The molecule has 0 saturated carbocycles. The fourth-order valence-corrected chi connectivity index (χ4v) is 1.54. The molecule has 2 atom stereocenters. The first kappa shape index (κ1) is 11.4. The summed E-state index contributed by atoms with van der Waals surface area (Å²) in [5.74, 6) is 0. The fourth-order valence-electron chi connectivity index (χ4n) is 1.18. The van der Waals surface area contributed by atoms with Crippen LogP contribution >= 0.6 is 15.9 Å². The van der Waals surface area contributed by atoms with Gasteiger partial charge in [0.1, 0.15) is 6.10 Å². The highest BCUT2D eigenvalue weighted by atomic mass is 79.9. The maximum absolute atomic E-state index is 9.68. The summed E-state index contributed by atoms with van der Waals surface area (Å²) in [6.07, 6.45) is -0.369. The Labute approximate surface area is 90.9 Å². The monoisotopic (exact) mass is 260 g/mol. The lowest BCUT2D eigenvalue weighted by Gasteiger charge is -2.16. The molecule has 78 valence electrons. The summed E-state index contributed by atoms with van der Waals surface area (Å²) < 4.78 is 0. The minimum absolute atomic E-state index is 0.305. The number of pyridine rings is 1. The zero-order valence-electron chi connectivity index (χ0n) is 7.81. The number of aliphatic hydroxyl groups is 2. The van der Waals surface area contributed by atoms with Crippen LogP contribution in [0.2, 0.25) is 0 Å². The summed E-state index contributed by atoms with van der Waals surface area (Å²) in [4.78, 5) is 3.99. The lowest BCUT2D eigenvalue weighted by molar-refractivity contribution is 0.0311. The van der Waals surface area contributed by atoms with Gasteiger partial charge in [-0.1, -0.05) is 15.9 Å². The van der Waals surface area contributed by atoms with Crippen LogP contribution in [0.15, 0.2) is 12.3 Å². The summed E-state index contributed by atoms with van der Waals surface area (Å²) in [5, 5.41) is 19.4. The van der Waals surface area contributed by atoms with Gasteiger partial charge in [-0.2, -0.15) is 0 Å². The second-order valence-electron chi connectivity index (χ2n) is 3.14. The predicted octanol–water partition coefficient (Wildman–Crippen LogP) is 0.761. The van der Waals surface area contributed by atoms with Crippen molar-refractivity contribution in [2.24, 2.45) is 0 Å². The molecule has 0 radical (unpaired) electrons. The average Bonchev–Trinajstić information content (AvgIpc) is 2.15. The highest BCUT2D eigenvalue weighted by Gasteiger charge is 2.20. The van der Waals surface area contributed by atoms with E-state index in [0.717, 1.165) is 5.56 Å². The van der Waals surface area contributed by atoms with Crippen molar-refractivity contribution in [1.29, 1.82) is 0 Å². The molecule has 0 aliphatic carbocycles. The van der Waals surface area contributed by atoms with Crippen molar-refractivity contribution in [2.75, 3.05) is 11.1 Å². The van der Waals surface area contributed by atoms with Crippen LogP contribution in [0.4, 0.5) is 5.69 Å². The average molecular weight is 261 g/mol. The van der Waals surface area contributed by atoms with Crippen molar-refractivity contribution in [3.05, 3.63) is 23.5 Å². The molecule has 4 N–H and O–H groups in total. The Hall–Kier alpha value is -0.650. The highest BCUT2D eigenvalue weighted by Crippen LogP contribution is 2.20. The molecule has 1 aromatic rings. The van der Waals surface area contributed by atoms with Crippen molar-refractivity contribution >= 4 is 21.6 Å². The number of nitrogen functional groups attached to an aromatic ring is 1. The SMILES string of the molecule is Cc1cc(N)cnc1C(O)C(O)CBr. The third-order valence-corrected chi connectivity index (χ3v) is 2.61. The lowest BCUT2D eigenvalue weighted by atomic mass is 10.1. The zero-order valence-corrected chi connectivity index (χ0v) is 9.40. The van der Waals surface area contributed by atoms with Gasteiger partial charge in [-0.25, -0.2) is 0 Å². The van der Waals surface area contributed by atoms with Crippen LogP contribution in [0.1, 0.15) is 17.4 Å². The van der Waals surface area contributed by atoms with Crippen LogP contribution in [-0.4, -0.2) is 26.6 Å². The summed E-state index contributed by atoms with van der Waals surface area (Å²) in [7, 11) is 0. The first-order valence-corrected chi connectivity index (χ1v) is 5.32. The lowest BCUT2D eigenvalue weighted by Crippen LogP contribution is -2.21. The molecule has 0 aromatic carbocycles. The number of nitrogens with zero attached hydrogens (tertiary/aromatic N) is 1. The van der Waals surface area contributed by atoms with E-state index >= 15 is 0 Å². The quantitative estimate of drug-likeness (QED) is 0.702. The van der Waals surface area contributed by atoms with Gasteiger partial charge in [0.2, 0.25) is 0 Å². The minimum Gasteiger partial charge on any atom is -0.397 e. The number of aryl methyl sites for hydroxylation is 1. The molecular formula is C9H13BrN2O2. The van der Waals surface area contributed by atoms with Gasteiger partial charge >= 0.3 is 0 Å². The second-order valence-corrected chi connectivity index (χ2v) is 3.78. The molecule has 0 fully saturated rings. The first-order valence-electron chi connectivity index (χ1n) is 4.20. The molecule has 1 rings (SSSR count). The smallest absolute Gasteiger partial charge is 0.123 e. The molecule has 2 unspecified atom stereocenters. The summed E-state index contributed by atoms with van der Waals surface area (Å²) in [6.45, 7) is 1.79. The van der Waals surface area contributed by atoms with E-state index in [2.05, 4.69) is 20.9 Å². The van der Waals surface area contributed by atoms with Gasteiger partial charge in [0.05, 0.1) is 23.7 Å². The van der Waals surface area contributed by atoms with Gasteiger partial charge in [0.25, 0.3) is 0 Å². The topological polar surface area (TPSA) is 79.4 Å². The Morgan fingerprint density at radius 2 is 2.21 bits per heavy atom. The molecule has 1 aromatic heterocycles. The molecule has 0 spiro atoms. The number of hydrogen-bond donors (Lipinski definition) is 3. The van der Waals surface area contributed by atoms with Crippen molar-refractivity contribution < 1.29 is 10.2 Å². The maximum Gasteiger partial charge on any atom is 0.123 e. The second kappa shape index (κ2) is 4.72. The van der Waals surface area contributed by atoms with Gasteiger partial charge in [0.15, 0.2) is 0 Å². The van der Waals surface area contributed by atoms with Gasteiger partial charge in [-0.05, 0) is 18.6 Å². The van der Waals surface area contributed by atoms with E-state index in [9.17, 15) is 10.2 Å². The van der Waals surface area contributed by atoms with Crippen molar-refractivity contribution in [3.63, 3.8) is 0 Å². The fraction of sp³-hybridized carbons (Fsp3) is 0.444. The summed E-state index contributed by atoms with van der Waals surface area (Å²) in [6, 6.07) is 1.71. The van der Waals surface area contributed by atoms with E-state index in [0.29, 0.717) is 16.7 Å². The van der Waals surface area contributed by atoms with Crippen molar-refractivity contribution in [2.45, 2.75) is 19.1 Å². The van der Waals surface area contributed by atoms with Crippen LogP contribution in [0.5, 0.6) is 0 Å². The van der Waals surface area contributed by atoms with Crippen LogP contribution in [0.3, 0.4) is 0 Å². The molecule has 0 aliphatic heterocycles. The Bertz CT molecular complexity index is 320. The van der Waals surface area contributed by atoms with Gasteiger partial charge in [-0.3, -0.25) is 4.98 Å². The van der Waals surface area contributed by atoms with Crippen LogP contribution in [-0.2, 0) is 0 Å². The number of aromatic nitrogens is 1. The number of aliphatic hydroxyl groups excluding tert-OH is 2. The number of halogens is 1. The van der Waals surface area contributed by atoms with Crippen molar-refractivity contribution in [1.82, 2.24) is 4.98 Å². The van der Waals surface area contributed by atoms with Crippen LogP contribution in [0, 0.1) is 6.92 Å². The predicted molar refractivity (Wildman–Crippen MR) is 58.1 cm³/mol. The number of nitrogens with two attached hydrogens (primary N) is 1. The Balaban J connectivity index is 2.95.